The predicted molar refractivity (Wildman–Crippen MR) is 70.1 cm³/mol. The standard InChI is InChI=1S/C11H20N4S/c1-3-9(2)14-4-6-15(7-5-14)11-8-10(12)13-16-11/h8-9H,3-7H2,1-2H3,(H2,12,13). The second-order valence-corrected chi connectivity index (χ2v) is 5.15. The van der Waals surface area contributed by atoms with Gasteiger partial charge in [0, 0.05) is 38.3 Å². The molecule has 0 saturated carbocycles. The van der Waals surface area contributed by atoms with Crippen LogP contribution in [-0.2, 0) is 0 Å². The van der Waals surface area contributed by atoms with Crippen LogP contribution < -0.4 is 10.6 Å². The van der Waals surface area contributed by atoms with E-state index in [1.54, 1.807) is 0 Å². The van der Waals surface area contributed by atoms with Crippen molar-refractivity contribution in [3.8, 4) is 0 Å². The van der Waals surface area contributed by atoms with Gasteiger partial charge in [0.1, 0.15) is 10.8 Å². The molecule has 16 heavy (non-hydrogen) atoms. The highest BCUT2D eigenvalue weighted by Gasteiger charge is 2.21. The number of nitrogens with zero attached hydrogens (tertiary/aromatic N) is 3. The van der Waals surface area contributed by atoms with Gasteiger partial charge < -0.3 is 10.6 Å². The maximum Gasteiger partial charge on any atom is 0.139 e. The Morgan fingerprint density at radius 3 is 2.62 bits per heavy atom. The molecule has 2 N–H and O–H groups in total. The van der Waals surface area contributed by atoms with E-state index in [1.165, 1.54) is 23.0 Å². The van der Waals surface area contributed by atoms with Gasteiger partial charge in [-0.2, -0.15) is 4.37 Å². The summed E-state index contributed by atoms with van der Waals surface area (Å²) in [6, 6.07) is 2.68. The van der Waals surface area contributed by atoms with Crippen LogP contribution in [-0.4, -0.2) is 41.5 Å². The van der Waals surface area contributed by atoms with E-state index < -0.39 is 0 Å². The lowest BCUT2D eigenvalue weighted by Crippen LogP contribution is -2.49. The van der Waals surface area contributed by atoms with Crippen LogP contribution in [0.25, 0.3) is 0 Å². The number of anilines is 2. The summed E-state index contributed by atoms with van der Waals surface area (Å²) in [5.74, 6) is 0.643. The molecule has 2 rings (SSSR count). The number of piperazine rings is 1. The van der Waals surface area contributed by atoms with Crippen molar-refractivity contribution < 1.29 is 0 Å². The summed E-state index contributed by atoms with van der Waals surface area (Å²) in [6.45, 7) is 9.03. The van der Waals surface area contributed by atoms with E-state index in [9.17, 15) is 0 Å². The largest absolute Gasteiger partial charge is 0.383 e. The van der Waals surface area contributed by atoms with Crippen LogP contribution in [0, 0.1) is 0 Å². The molecule has 2 heterocycles. The summed E-state index contributed by atoms with van der Waals surface area (Å²) < 4.78 is 4.13. The summed E-state index contributed by atoms with van der Waals surface area (Å²) in [6.07, 6.45) is 1.23. The van der Waals surface area contributed by atoms with Gasteiger partial charge >= 0.3 is 0 Å². The molecule has 0 aliphatic carbocycles. The Balaban J connectivity index is 1.90. The summed E-state index contributed by atoms with van der Waals surface area (Å²) in [4.78, 5) is 4.94. The molecule has 0 radical (unpaired) electrons. The predicted octanol–water partition coefficient (Wildman–Crippen LogP) is 1.65. The normalized spacial score (nSPS) is 20.0. The number of nitrogen functional groups attached to an aromatic ring is 1. The molecule has 1 aliphatic rings. The number of hydrogen-bond acceptors (Lipinski definition) is 5. The van der Waals surface area contributed by atoms with Crippen molar-refractivity contribution in [3.63, 3.8) is 0 Å². The molecular formula is C11H20N4S. The molecule has 90 valence electrons. The quantitative estimate of drug-likeness (QED) is 0.872. The van der Waals surface area contributed by atoms with E-state index in [0.29, 0.717) is 11.9 Å². The minimum Gasteiger partial charge on any atom is -0.383 e. The van der Waals surface area contributed by atoms with E-state index in [4.69, 9.17) is 5.73 Å². The summed E-state index contributed by atoms with van der Waals surface area (Å²) in [5, 5.41) is 1.21. The first-order chi connectivity index (χ1) is 7.70. The lowest BCUT2D eigenvalue weighted by atomic mass is 10.2. The van der Waals surface area contributed by atoms with Crippen LogP contribution >= 0.6 is 11.5 Å². The first kappa shape index (κ1) is 11.7. The van der Waals surface area contributed by atoms with Crippen molar-refractivity contribution in [1.29, 1.82) is 0 Å². The van der Waals surface area contributed by atoms with Crippen molar-refractivity contribution >= 4 is 22.4 Å². The molecule has 0 aromatic carbocycles. The Morgan fingerprint density at radius 2 is 2.12 bits per heavy atom. The Kier molecular flexibility index (Phi) is 3.66. The molecule has 1 saturated heterocycles. The minimum atomic E-state index is 0.643. The van der Waals surface area contributed by atoms with Crippen molar-refractivity contribution in [2.24, 2.45) is 0 Å². The van der Waals surface area contributed by atoms with E-state index in [1.807, 2.05) is 6.07 Å². The molecule has 5 heteroatoms. The zero-order valence-electron chi connectivity index (χ0n) is 10.0. The number of rotatable bonds is 3. The van der Waals surface area contributed by atoms with Crippen LogP contribution in [0.5, 0.6) is 0 Å². The van der Waals surface area contributed by atoms with E-state index >= 15 is 0 Å². The van der Waals surface area contributed by atoms with Crippen molar-refractivity contribution in [1.82, 2.24) is 9.27 Å². The van der Waals surface area contributed by atoms with Crippen LogP contribution in [0.1, 0.15) is 20.3 Å². The van der Waals surface area contributed by atoms with E-state index in [0.717, 1.165) is 26.2 Å². The molecule has 1 fully saturated rings. The SMILES string of the molecule is CCC(C)N1CCN(c2cc(N)ns2)CC1. The third-order valence-electron chi connectivity index (χ3n) is 3.36. The maximum absolute atomic E-state index is 5.64. The minimum absolute atomic E-state index is 0.643. The zero-order valence-corrected chi connectivity index (χ0v) is 10.8. The smallest absolute Gasteiger partial charge is 0.139 e. The molecule has 0 bridgehead atoms. The Hall–Kier alpha value is -0.810. The highest BCUT2D eigenvalue weighted by Crippen LogP contribution is 2.24. The molecule has 1 unspecified atom stereocenters. The van der Waals surface area contributed by atoms with Crippen LogP contribution in [0.3, 0.4) is 0 Å². The van der Waals surface area contributed by atoms with E-state index in [-0.39, 0.29) is 0 Å². The third kappa shape index (κ3) is 2.47. The van der Waals surface area contributed by atoms with Gasteiger partial charge in [-0.15, -0.1) is 0 Å². The fourth-order valence-corrected chi connectivity index (χ4v) is 2.79. The Labute approximate surface area is 101 Å². The third-order valence-corrected chi connectivity index (χ3v) is 4.22. The molecular weight excluding hydrogens is 220 g/mol. The highest BCUT2D eigenvalue weighted by atomic mass is 32.1. The molecule has 4 nitrogen and oxygen atoms in total. The zero-order chi connectivity index (χ0) is 11.5. The lowest BCUT2D eigenvalue weighted by Gasteiger charge is -2.38. The second-order valence-electron chi connectivity index (χ2n) is 4.37. The average Bonchev–Trinajstić information content (AvgIpc) is 2.75. The molecule has 1 atom stereocenters. The number of aromatic nitrogens is 1. The maximum atomic E-state index is 5.64. The monoisotopic (exact) mass is 240 g/mol. The summed E-state index contributed by atoms with van der Waals surface area (Å²) >= 11 is 1.50. The fraction of sp³-hybridized carbons (Fsp3) is 0.727. The van der Waals surface area contributed by atoms with Gasteiger partial charge in [0.25, 0.3) is 0 Å². The van der Waals surface area contributed by atoms with Crippen molar-refractivity contribution in [3.05, 3.63) is 6.07 Å². The van der Waals surface area contributed by atoms with E-state index in [2.05, 4.69) is 28.0 Å². The number of nitrogens with two attached hydrogens (primary N) is 1. The lowest BCUT2D eigenvalue weighted by molar-refractivity contribution is 0.193. The Morgan fingerprint density at radius 1 is 1.44 bits per heavy atom. The van der Waals surface area contributed by atoms with Crippen LogP contribution in [0.15, 0.2) is 6.07 Å². The van der Waals surface area contributed by atoms with Gasteiger partial charge in [-0.25, -0.2) is 0 Å². The van der Waals surface area contributed by atoms with Crippen LogP contribution in [0.4, 0.5) is 10.8 Å². The Bertz CT molecular complexity index is 330. The molecule has 1 aliphatic heterocycles. The van der Waals surface area contributed by atoms with Gasteiger partial charge in [-0.3, -0.25) is 4.90 Å². The summed E-state index contributed by atoms with van der Waals surface area (Å²) in [7, 11) is 0. The first-order valence-corrected chi connectivity index (χ1v) is 6.69. The van der Waals surface area contributed by atoms with Crippen molar-refractivity contribution in [2.75, 3.05) is 36.8 Å². The topological polar surface area (TPSA) is 45.4 Å². The first-order valence-electron chi connectivity index (χ1n) is 5.92. The van der Waals surface area contributed by atoms with Gasteiger partial charge in [-0.05, 0) is 24.9 Å². The molecule has 0 amide bonds. The van der Waals surface area contributed by atoms with Crippen LogP contribution in [0.2, 0.25) is 0 Å². The molecule has 1 aromatic heterocycles. The second kappa shape index (κ2) is 5.01. The van der Waals surface area contributed by atoms with Gasteiger partial charge in [0.05, 0.1) is 0 Å². The fourth-order valence-electron chi connectivity index (χ4n) is 2.07. The average molecular weight is 240 g/mol. The van der Waals surface area contributed by atoms with Gasteiger partial charge in [0.15, 0.2) is 0 Å². The van der Waals surface area contributed by atoms with Crippen molar-refractivity contribution in [2.45, 2.75) is 26.3 Å². The van der Waals surface area contributed by atoms with Gasteiger partial charge in [0.2, 0.25) is 0 Å². The summed E-state index contributed by atoms with van der Waals surface area (Å²) in [5.41, 5.74) is 5.64. The highest BCUT2D eigenvalue weighted by molar-refractivity contribution is 7.10. The molecule has 0 spiro atoms. The van der Waals surface area contributed by atoms with Gasteiger partial charge in [-0.1, -0.05) is 6.92 Å². The molecule has 1 aromatic rings. The number of hydrogen-bond donors (Lipinski definition) is 1.